The van der Waals surface area contributed by atoms with Gasteiger partial charge in [0.1, 0.15) is 0 Å². The molecule has 0 aliphatic heterocycles. The first-order valence-corrected chi connectivity index (χ1v) is 18.0. The van der Waals surface area contributed by atoms with Crippen LogP contribution in [-0.4, -0.2) is 62.9 Å². The number of amidine groups is 1. The lowest BCUT2D eigenvalue weighted by molar-refractivity contribution is -0.129. The first kappa shape index (κ1) is 48.8. The van der Waals surface area contributed by atoms with E-state index in [4.69, 9.17) is 11.1 Å². The number of carbonyl (C=O) groups excluding carboxylic acids is 3. The van der Waals surface area contributed by atoms with Crippen molar-refractivity contribution in [1.29, 1.82) is 5.41 Å². The Hall–Kier alpha value is -2.36. The minimum Gasteiger partial charge on any atom is -0.388 e. The number of nitrogens with one attached hydrogen (secondary N) is 5. The average Bonchev–Trinajstić information content (AvgIpc) is 3.38. The number of aromatic amines is 1. The Kier molecular flexibility index (Phi) is 19.2. The zero-order valence-corrected chi connectivity index (χ0v) is 35.1. The van der Waals surface area contributed by atoms with E-state index in [0.717, 1.165) is 12.1 Å². The van der Waals surface area contributed by atoms with E-state index in [2.05, 4.69) is 62.5 Å². The van der Waals surface area contributed by atoms with Crippen molar-refractivity contribution < 1.29 is 14.4 Å². The molecular weight excluding hydrogens is 612 g/mol. The number of Topliss-reactive ketones (excluding diaryl/α,β-unsaturated/α-hetero) is 3. The normalized spacial score (nSPS) is 14.8. The number of hydrogen-bond acceptors (Lipinski definition) is 7. The highest BCUT2D eigenvalue weighted by molar-refractivity contribution is 5.90. The van der Waals surface area contributed by atoms with Crippen LogP contribution in [0.25, 0.3) is 0 Å². The van der Waals surface area contributed by atoms with E-state index < -0.39 is 0 Å². The molecule has 0 amide bonds. The van der Waals surface area contributed by atoms with E-state index >= 15 is 0 Å². The fraction of sp³-hybridized carbons (Fsp3) is 0.800. The molecule has 0 fully saturated rings. The number of rotatable bonds is 12. The van der Waals surface area contributed by atoms with Crippen LogP contribution in [-0.2, 0) is 20.8 Å². The maximum Gasteiger partial charge on any atom is 0.155 e. The Labute approximate surface area is 301 Å². The summed E-state index contributed by atoms with van der Waals surface area (Å²) in [6.45, 7) is 38.3. The zero-order valence-electron chi connectivity index (χ0n) is 35.1. The molecule has 1 heterocycles. The van der Waals surface area contributed by atoms with Gasteiger partial charge in [0, 0.05) is 57.6 Å². The van der Waals surface area contributed by atoms with Crippen molar-refractivity contribution in [3.63, 3.8) is 0 Å². The molecule has 0 aromatic carbocycles. The number of H-pyrrole nitrogens is 1. The van der Waals surface area contributed by atoms with Gasteiger partial charge in [-0.05, 0) is 87.3 Å². The highest BCUT2D eigenvalue weighted by Gasteiger charge is 2.33. The molecule has 49 heavy (non-hydrogen) atoms. The van der Waals surface area contributed by atoms with Crippen LogP contribution in [0.3, 0.4) is 0 Å². The van der Waals surface area contributed by atoms with Crippen molar-refractivity contribution in [2.75, 3.05) is 0 Å². The van der Waals surface area contributed by atoms with Crippen molar-refractivity contribution in [2.24, 2.45) is 22.0 Å². The number of ketones is 3. The Bertz CT molecular complexity index is 1150. The fourth-order valence-electron chi connectivity index (χ4n) is 4.98. The number of nitrogens with two attached hydrogens (primary N) is 1. The summed E-state index contributed by atoms with van der Waals surface area (Å²) in [6, 6.07) is 3.58. The molecule has 7 N–H and O–H groups in total. The van der Waals surface area contributed by atoms with E-state index in [1.165, 1.54) is 0 Å². The van der Waals surface area contributed by atoms with E-state index in [1.54, 1.807) is 0 Å². The van der Waals surface area contributed by atoms with Crippen molar-refractivity contribution >= 4 is 23.2 Å². The van der Waals surface area contributed by atoms with Gasteiger partial charge in [-0.1, -0.05) is 69.2 Å². The molecular formula is C40H78N6O3. The molecule has 286 valence electrons. The van der Waals surface area contributed by atoms with Gasteiger partial charge in [0.05, 0.1) is 24.0 Å². The van der Waals surface area contributed by atoms with Crippen LogP contribution in [0.15, 0.2) is 18.3 Å². The summed E-state index contributed by atoms with van der Waals surface area (Å²) in [5.41, 5.74) is 5.31. The molecule has 9 heteroatoms. The number of aromatic nitrogens is 1. The second-order valence-electron chi connectivity index (χ2n) is 19.6. The largest absolute Gasteiger partial charge is 0.388 e. The fourth-order valence-corrected chi connectivity index (χ4v) is 4.98. The summed E-state index contributed by atoms with van der Waals surface area (Å²) in [6.07, 6.45) is 4.50. The summed E-state index contributed by atoms with van der Waals surface area (Å²) in [5, 5.41) is 17.4. The van der Waals surface area contributed by atoms with Crippen molar-refractivity contribution in [2.45, 2.75) is 192 Å². The lowest BCUT2D eigenvalue weighted by Crippen LogP contribution is -2.51. The molecule has 1 aromatic rings. The molecule has 9 nitrogen and oxygen atoms in total. The Balaban J connectivity index is 0. The van der Waals surface area contributed by atoms with Gasteiger partial charge in [-0.25, -0.2) is 0 Å². The summed E-state index contributed by atoms with van der Waals surface area (Å²) in [5.74, 6) is 0.864. The molecule has 3 unspecified atom stereocenters. The molecule has 1 rings (SSSR count). The van der Waals surface area contributed by atoms with Crippen LogP contribution in [0.2, 0.25) is 0 Å². The Morgan fingerprint density at radius 3 is 1.31 bits per heavy atom. The van der Waals surface area contributed by atoms with E-state index in [0.29, 0.717) is 25.0 Å². The van der Waals surface area contributed by atoms with Gasteiger partial charge in [0.2, 0.25) is 0 Å². The van der Waals surface area contributed by atoms with Gasteiger partial charge in [-0.15, -0.1) is 0 Å². The lowest BCUT2D eigenvalue weighted by atomic mass is 9.84. The molecule has 0 aliphatic rings. The number of hydrogen-bond donors (Lipinski definition) is 6. The molecule has 0 bridgehead atoms. The molecule has 0 saturated carbocycles. The third kappa shape index (κ3) is 23.6. The number of carbonyl (C=O) groups is 3. The first-order valence-electron chi connectivity index (χ1n) is 18.0. The summed E-state index contributed by atoms with van der Waals surface area (Å²) in [4.78, 5) is 40.0. The van der Waals surface area contributed by atoms with Gasteiger partial charge < -0.3 is 26.7 Å². The van der Waals surface area contributed by atoms with Gasteiger partial charge in [0.25, 0.3) is 0 Å². The van der Waals surface area contributed by atoms with Gasteiger partial charge in [-0.2, -0.15) is 0 Å². The highest BCUT2D eigenvalue weighted by Crippen LogP contribution is 2.22. The zero-order chi connectivity index (χ0) is 39.4. The molecule has 1 aromatic heterocycles. The summed E-state index contributed by atoms with van der Waals surface area (Å²) >= 11 is 0. The Morgan fingerprint density at radius 1 is 0.653 bits per heavy atom. The van der Waals surface area contributed by atoms with Gasteiger partial charge >= 0.3 is 0 Å². The monoisotopic (exact) mass is 691 g/mol. The maximum absolute atomic E-state index is 12.5. The van der Waals surface area contributed by atoms with Crippen LogP contribution in [0, 0.1) is 21.7 Å². The molecule has 3 atom stereocenters. The first-order chi connectivity index (χ1) is 21.6. The summed E-state index contributed by atoms with van der Waals surface area (Å²) in [7, 11) is 0. The van der Waals surface area contributed by atoms with E-state index in [1.807, 2.05) is 108 Å². The molecule has 0 aliphatic carbocycles. The third-order valence-corrected chi connectivity index (χ3v) is 7.19. The smallest absolute Gasteiger partial charge is 0.155 e. The minimum atomic E-state index is -0.375. The van der Waals surface area contributed by atoms with Gasteiger partial charge in [0.15, 0.2) is 17.3 Å². The highest BCUT2D eigenvalue weighted by atomic mass is 16.1. The minimum absolute atomic E-state index is 0.00157. The van der Waals surface area contributed by atoms with Crippen LogP contribution < -0.4 is 21.7 Å². The van der Waals surface area contributed by atoms with Gasteiger partial charge in [-0.3, -0.25) is 19.8 Å². The molecule has 0 radical (unpaired) electrons. The lowest BCUT2D eigenvalue weighted by Gasteiger charge is -2.31. The standard InChI is InChI=1S/C15H26N2O.C13H27N3O.C12H25NO/c1-14(2,3)13(18)12(17-15(4,5)6)10-11-8-7-9-16-11;1-12(2,3)11(17)9(7-8-10(14)15)16-13(4,5)6;1-8-9(13-12(5,6)7)10(14)11(2,3)4/h7-9,12,16-17H,10H2,1-6H3;9,16H,7-8H2,1-6H3,(H3,14,15);9,13H,8H2,1-7H3. The van der Waals surface area contributed by atoms with Crippen LogP contribution in [0.4, 0.5) is 0 Å². The van der Waals surface area contributed by atoms with E-state index in [9.17, 15) is 14.4 Å². The third-order valence-electron chi connectivity index (χ3n) is 7.19. The van der Waals surface area contributed by atoms with Crippen LogP contribution in [0.1, 0.15) is 157 Å². The predicted octanol–water partition coefficient (Wildman–Crippen LogP) is 7.77. The molecule has 0 saturated heterocycles. The second-order valence-corrected chi connectivity index (χ2v) is 19.6. The average molecular weight is 691 g/mol. The SMILES string of the molecule is CC(C)(C)NC(CCC(=N)N)C(=O)C(C)(C)C.CC(C)(C)NC(Cc1ccc[nH]1)C(=O)C(C)(C)C.CCC(NC(C)(C)C)C(=O)C(C)(C)C. The molecule has 0 spiro atoms. The topological polar surface area (TPSA) is 153 Å². The van der Waals surface area contributed by atoms with Crippen LogP contribution >= 0.6 is 0 Å². The van der Waals surface area contributed by atoms with Crippen molar-refractivity contribution in [3.05, 3.63) is 24.0 Å². The maximum atomic E-state index is 12.5. The Morgan fingerprint density at radius 2 is 1.00 bits per heavy atom. The van der Waals surface area contributed by atoms with E-state index in [-0.39, 0.29) is 68.4 Å². The summed E-state index contributed by atoms with van der Waals surface area (Å²) < 4.78 is 0. The van der Waals surface area contributed by atoms with Crippen molar-refractivity contribution in [3.8, 4) is 0 Å². The predicted molar refractivity (Wildman–Crippen MR) is 209 cm³/mol. The van der Waals surface area contributed by atoms with Crippen molar-refractivity contribution in [1.82, 2.24) is 20.9 Å². The quantitative estimate of drug-likeness (QED) is 0.0968. The second kappa shape index (κ2) is 19.3. The van der Waals surface area contributed by atoms with Crippen LogP contribution in [0.5, 0.6) is 0 Å².